The molecule has 1 aliphatic heterocycles. The molecule has 0 aliphatic carbocycles. The molecule has 3 nitrogen and oxygen atoms in total. The molecule has 0 bridgehead atoms. The van der Waals surface area contributed by atoms with Gasteiger partial charge in [0.05, 0.1) is 24.7 Å². The van der Waals surface area contributed by atoms with Crippen molar-refractivity contribution in [2.75, 3.05) is 32.8 Å². The van der Waals surface area contributed by atoms with Crippen molar-refractivity contribution in [3.63, 3.8) is 0 Å². The molecule has 1 atom stereocenters. The van der Waals surface area contributed by atoms with Crippen LogP contribution in [0.5, 0.6) is 0 Å². The Bertz CT molecular complexity index is 695. The fraction of sp³-hybridized carbons (Fsp3) is 0.450. The van der Waals surface area contributed by atoms with Crippen LogP contribution in [0.15, 0.2) is 42.5 Å². The van der Waals surface area contributed by atoms with E-state index >= 15 is 0 Å². The maximum Gasteiger partial charge on any atom is 0.0837 e. The number of hydrogen-bond acceptors (Lipinski definition) is 3. The van der Waals surface area contributed by atoms with Crippen LogP contribution in [0.2, 0.25) is 0 Å². The van der Waals surface area contributed by atoms with E-state index in [2.05, 4.69) is 60.4 Å². The predicted octanol–water partition coefficient (Wildman–Crippen LogP) is 3.73. The maximum absolute atomic E-state index is 10.0. The molecule has 120 valence electrons. The summed E-state index contributed by atoms with van der Waals surface area (Å²) >= 11 is 0. The number of nitrogens with zero attached hydrogens (tertiary/aromatic N) is 2. The highest BCUT2D eigenvalue weighted by molar-refractivity contribution is 5.87. The van der Waals surface area contributed by atoms with Gasteiger partial charge in [-0.25, -0.2) is 0 Å². The molecule has 0 saturated carbocycles. The van der Waals surface area contributed by atoms with Gasteiger partial charge in [0.2, 0.25) is 0 Å². The van der Waals surface area contributed by atoms with Crippen LogP contribution in [0, 0.1) is 11.3 Å². The van der Waals surface area contributed by atoms with Gasteiger partial charge in [0, 0.05) is 19.6 Å². The summed E-state index contributed by atoms with van der Waals surface area (Å²) in [5.74, 6) is 0. The summed E-state index contributed by atoms with van der Waals surface area (Å²) in [4.78, 5) is 2.41. The van der Waals surface area contributed by atoms with E-state index in [-0.39, 0.29) is 0 Å². The van der Waals surface area contributed by atoms with Gasteiger partial charge in [-0.1, -0.05) is 49.4 Å². The third-order valence-corrected chi connectivity index (χ3v) is 5.08. The Kier molecular flexibility index (Phi) is 4.95. The molecule has 0 N–H and O–H groups in total. The first-order chi connectivity index (χ1) is 11.3. The highest BCUT2D eigenvalue weighted by Crippen LogP contribution is 2.36. The maximum atomic E-state index is 10.0. The number of fused-ring (bicyclic) bond motifs is 1. The van der Waals surface area contributed by atoms with Crippen LogP contribution in [0.3, 0.4) is 0 Å². The molecule has 1 aliphatic rings. The van der Waals surface area contributed by atoms with Crippen LogP contribution in [0.1, 0.15) is 25.3 Å². The third-order valence-electron chi connectivity index (χ3n) is 5.08. The van der Waals surface area contributed by atoms with Gasteiger partial charge in [-0.3, -0.25) is 4.90 Å². The lowest BCUT2D eigenvalue weighted by atomic mass is 9.74. The number of rotatable bonds is 5. The van der Waals surface area contributed by atoms with Crippen molar-refractivity contribution < 1.29 is 4.74 Å². The molecule has 2 aromatic carbocycles. The molecule has 1 saturated heterocycles. The number of morpholine rings is 1. The fourth-order valence-corrected chi connectivity index (χ4v) is 3.51. The lowest BCUT2D eigenvalue weighted by molar-refractivity contribution is 0.0354. The van der Waals surface area contributed by atoms with Crippen molar-refractivity contribution in [1.82, 2.24) is 4.90 Å². The average Bonchev–Trinajstić information content (AvgIpc) is 2.64. The van der Waals surface area contributed by atoms with Crippen LogP contribution in [0.4, 0.5) is 0 Å². The van der Waals surface area contributed by atoms with E-state index in [0.717, 1.165) is 45.7 Å². The van der Waals surface area contributed by atoms with Crippen LogP contribution in [-0.4, -0.2) is 37.7 Å². The minimum atomic E-state index is -0.417. The van der Waals surface area contributed by atoms with Gasteiger partial charge in [-0.2, -0.15) is 5.26 Å². The van der Waals surface area contributed by atoms with E-state index in [4.69, 9.17) is 4.74 Å². The first-order valence-corrected chi connectivity index (χ1v) is 8.49. The van der Waals surface area contributed by atoms with Crippen molar-refractivity contribution in [1.29, 1.82) is 5.26 Å². The lowest BCUT2D eigenvalue weighted by Gasteiger charge is -2.32. The van der Waals surface area contributed by atoms with Gasteiger partial charge in [-0.15, -0.1) is 0 Å². The van der Waals surface area contributed by atoms with E-state index in [1.54, 1.807) is 0 Å². The highest BCUT2D eigenvalue weighted by atomic mass is 16.5. The predicted molar refractivity (Wildman–Crippen MR) is 93.4 cm³/mol. The Balaban J connectivity index is 1.91. The van der Waals surface area contributed by atoms with E-state index < -0.39 is 5.41 Å². The summed E-state index contributed by atoms with van der Waals surface area (Å²) in [5.41, 5.74) is 0.757. The molecule has 0 aromatic heterocycles. The average molecular weight is 308 g/mol. The second-order valence-electron chi connectivity index (χ2n) is 6.28. The van der Waals surface area contributed by atoms with Crippen molar-refractivity contribution in [2.45, 2.75) is 25.2 Å². The van der Waals surface area contributed by atoms with Crippen molar-refractivity contribution in [3.8, 4) is 6.07 Å². The molecule has 1 fully saturated rings. The van der Waals surface area contributed by atoms with Gasteiger partial charge in [0.25, 0.3) is 0 Å². The smallest absolute Gasteiger partial charge is 0.0837 e. The van der Waals surface area contributed by atoms with Crippen LogP contribution in [0.25, 0.3) is 10.8 Å². The second kappa shape index (κ2) is 7.12. The van der Waals surface area contributed by atoms with Crippen molar-refractivity contribution in [3.05, 3.63) is 48.0 Å². The summed E-state index contributed by atoms with van der Waals surface area (Å²) in [6, 6.07) is 17.4. The van der Waals surface area contributed by atoms with Gasteiger partial charge in [0.1, 0.15) is 0 Å². The van der Waals surface area contributed by atoms with Crippen LogP contribution < -0.4 is 0 Å². The van der Waals surface area contributed by atoms with E-state index in [9.17, 15) is 5.26 Å². The monoisotopic (exact) mass is 308 g/mol. The Hall–Kier alpha value is -1.89. The van der Waals surface area contributed by atoms with Crippen molar-refractivity contribution >= 4 is 10.8 Å². The number of hydrogen-bond donors (Lipinski definition) is 0. The molecule has 0 unspecified atom stereocenters. The largest absolute Gasteiger partial charge is 0.379 e. The highest BCUT2D eigenvalue weighted by Gasteiger charge is 2.32. The van der Waals surface area contributed by atoms with Gasteiger partial charge in [-0.05, 0) is 29.2 Å². The van der Waals surface area contributed by atoms with Crippen molar-refractivity contribution in [2.24, 2.45) is 0 Å². The second-order valence-corrected chi connectivity index (χ2v) is 6.28. The lowest BCUT2D eigenvalue weighted by Crippen LogP contribution is -2.39. The van der Waals surface area contributed by atoms with Crippen LogP contribution in [-0.2, 0) is 10.2 Å². The minimum absolute atomic E-state index is 0.417. The van der Waals surface area contributed by atoms with Crippen LogP contribution >= 0.6 is 0 Å². The van der Waals surface area contributed by atoms with E-state index in [1.807, 2.05) is 0 Å². The molecule has 1 heterocycles. The molecule has 0 radical (unpaired) electrons. The van der Waals surface area contributed by atoms with Gasteiger partial charge < -0.3 is 4.74 Å². The summed E-state index contributed by atoms with van der Waals surface area (Å²) in [6.07, 6.45) is 1.70. The molecule has 3 rings (SSSR count). The number of benzene rings is 2. The summed E-state index contributed by atoms with van der Waals surface area (Å²) in [6.45, 7) is 6.64. The van der Waals surface area contributed by atoms with E-state index in [0.29, 0.717) is 0 Å². The summed E-state index contributed by atoms with van der Waals surface area (Å²) < 4.78 is 5.42. The zero-order valence-electron chi connectivity index (χ0n) is 13.8. The topological polar surface area (TPSA) is 36.3 Å². The Labute approximate surface area is 138 Å². The SMILES string of the molecule is CC[C@@](C#N)(CCN1CCOCC1)c1cccc2ccccc12. The molecule has 0 amide bonds. The fourth-order valence-electron chi connectivity index (χ4n) is 3.51. The standard InChI is InChI=1S/C20H24N2O/c1-2-20(16-21,10-11-22-12-14-23-15-13-22)19-9-5-7-17-6-3-4-8-18(17)19/h3-9H,2,10-15H2,1H3/t20-/m0/s1. The zero-order chi connectivity index (χ0) is 16.1. The first kappa shape index (κ1) is 16.0. The number of ether oxygens (including phenoxy) is 1. The molecule has 3 heteroatoms. The molecule has 0 spiro atoms. The third kappa shape index (κ3) is 3.24. The van der Waals surface area contributed by atoms with E-state index in [1.165, 1.54) is 16.3 Å². The number of nitriles is 1. The molecular formula is C20H24N2O. The first-order valence-electron chi connectivity index (χ1n) is 8.49. The Morgan fingerprint density at radius 1 is 1.13 bits per heavy atom. The zero-order valence-corrected chi connectivity index (χ0v) is 13.8. The molecule has 2 aromatic rings. The summed E-state index contributed by atoms with van der Waals surface area (Å²) in [7, 11) is 0. The normalized spacial score (nSPS) is 18.4. The van der Waals surface area contributed by atoms with Gasteiger partial charge >= 0.3 is 0 Å². The van der Waals surface area contributed by atoms with Gasteiger partial charge in [0.15, 0.2) is 0 Å². The summed E-state index contributed by atoms with van der Waals surface area (Å²) in [5, 5.41) is 12.4. The quantitative estimate of drug-likeness (QED) is 0.844. The minimum Gasteiger partial charge on any atom is -0.379 e. The Morgan fingerprint density at radius 3 is 2.61 bits per heavy atom. The Morgan fingerprint density at radius 2 is 1.87 bits per heavy atom. The molecule has 23 heavy (non-hydrogen) atoms. The molecular weight excluding hydrogens is 284 g/mol.